The van der Waals surface area contributed by atoms with E-state index >= 15 is 0 Å². The van der Waals surface area contributed by atoms with Crippen molar-refractivity contribution in [2.45, 2.75) is 33.2 Å². The van der Waals surface area contributed by atoms with Gasteiger partial charge in [0.05, 0.1) is 10.5 Å². The second kappa shape index (κ2) is 11.2. The van der Waals surface area contributed by atoms with E-state index in [0.29, 0.717) is 32.8 Å². The third-order valence-corrected chi connectivity index (χ3v) is 8.25. The summed E-state index contributed by atoms with van der Waals surface area (Å²) in [7, 11) is 0. The van der Waals surface area contributed by atoms with Gasteiger partial charge in [-0.3, -0.25) is 23.8 Å². The quantitative estimate of drug-likeness (QED) is 0.331. The number of aryl methyl sites for hydroxylation is 1. The van der Waals surface area contributed by atoms with Crippen molar-refractivity contribution < 1.29 is 4.79 Å². The molecular weight excluding hydrogens is 502 g/mol. The first kappa shape index (κ1) is 25.6. The molecule has 9 heteroatoms. The van der Waals surface area contributed by atoms with Gasteiger partial charge in [0.15, 0.2) is 0 Å². The molecule has 0 spiro atoms. The number of thioether (sulfide) groups is 1. The monoisotopic (exact) mass is 533 g/mol. The van der Waals surface area contributed by atoms with Gasteiger partial charge < -0.3 is 4.90 Å². The molecule has 2 aliphatic heterocycles. The molecule has 3 aromatic rings. The molecule has 2 fully saturated rings. The SMILES string of the molecule is CCCCN1C(=O)/C(=C\c2c(N3CCN(Cc4ccccc4)CC3)nc3c(C)cccn3c2=O)SC1=S. The van der Waals surface area contributed by atoms with E-state index in [1.54, 1.807) is 21.6 Å². The maximum atomic E-state index is 13.8. The largest absolute Gasteiger partial charge is 0.353 e. The van der Waals surface area contributed by atoms with Gasteiger partial charge in [0.1, 0.15) is 15.8 Å². The normalized spacial score (nSPS) is 17.9. The first-order valence-corrected chi connectivity index (χ1v) is 14.0. The Morgan fingerprint density at radius 1 is 1.05 bits per heavy atom. The summed E-state index contributed by atoms with van der Waals surface area (Å²) in [5, 5.41) is 0. The molecule has 2 aliphatic rings. The van der Waals surface area contributed by atoms with E-state index in [-0.39, 0.29) is 11.5 Å². The van der Waals surface area contributed by atoms with Crippen molar-refractivity contribution in [1.82, 2.24) is 19.2 Å². The smallest absolute Gasteiger partial charge is 0.267 e. The Labute approximate surface area is 226 Å². The predicted octanol–water partition coefficient (Wildman–Crippen LogP) is 4.33. The van der Waals surface area contributed by atoms with Crippen LogP contribution in [0.15, 0.2) is 58.4 Å². The number of pyridine rings is 1. The topological polar surface area (TPSA) is 61.2 Å². The Morgan fingerprint density at radius 2 is 1.81 bits per heavy atom. The number of amides is 1. The van der Waals surface area contributed by atoms with Crippen molar-refractivity contribution in [2.24, 2.45) is 0 Å². The molecule has 0 bridgehead atoms. The Morgan fingerprint density at radius 3 is 2.54 bits per heavy atom. The molecule has 37 heavy (non-hydrogen) atoms. The number of carbonyl (C=O) groups is 1. The lowest BCUT2D eigenvalue weighted by Crippen LogP contribution is -2.47. The number of hydrogen-bond donors (Lipinski definition) is 0. The zero-order valence-corrected chi connectivity index (χ0v) is 22.9. The third-order valence-electron chi connectivity index (χ3n) is 6.87. The van der Waals surface area contributed by atoms with Gasteiger partial charge >= 0.3 is 0 Å². The number of carbonyl (C=O) groups excluding carboxylic acids is 1. The number of rotatable bonds is 7. The van der Waals surface area contributed by atoms with Gasteiger partial charge in [-0.15, -0.1) is 0 Å². The van der Waals surface area contributed by atoms with Gasteiger partial charge in [0.2, 0.25) is 0 Å². The summed E-state index contributed by atoms with van der Waals surface area (Å²) in [4.78, 5) is 38.6. The van der Waals surface area contributed by atoms with Crippen molar-refractivity contribution in [2.75, 3.05) is 37.6 Å². The predicted molar refractivity (Wildman–Crippen MR) is 155 cm³/mol. The van der Waals surface area contributed by atoms with Gasteiger partial charge in [-0.25, -0.2) is 4.98 Å². The standard InChI is InChI=1S/C28H31N5O2S2/c1-3-4-12-33-27(35)23(37-28(33)36)18-22-25(29-24-20(2)9-8-13-32(24)26(22)34)31-16-14-30(15-17-31)19-21-10-6-5-7-11-21/h5-11,13,18H,3-4,12,14-17,19H2,1-2H3/b23-18+. The van der Waals surface area contributed by atoms with Crippen LogP contribution in [-0.2, 0) is 11.3 Å². The summed E-state index contributed by atoms with van der Waals surface area (Å²) in [6.07, 6.45) is 5.31. The van der Waals surface area contributed by atoms with Crippen molar-refractivity contribution in [3.8, 4) is 0 Å². The Hall–Kier alpha value is -3.01. The van der Waals surface area contributed by atoms with Crippen LogP contribution in [0.1, 0.15) is 36.5 Å². The Balaban J connectivity index is 1.48. The van der Waals surface area contributed by atoms with Crippen molar-refractivity contribution in [3.63, 3.8) is 0 Å². The molecule has 2 saturated heterocycles. The number of unbranched alkanes of at least 4 members (excludes halogenated alkanes) is 1. The van der Waals surface area contributed by atoms with Crippen LogP contribution < -0.4 is 10.5 Å². The Bertz CT molecular complexity index is 1410. The highest BCUT2D eigenvalue weighted by Crippen LogP contribution is 2.34. The molecule has 0 unspecified atom stereocenters. The van der Waals surface area contributed by atoms with E-state index in [1.807, 2.05) is 25.1 Å². The lowest BCUT2D eigenvalue weighted by Gasteiger charge is -2.36. The molecule has 1 aromatic carbocycles. The van der Waals surface area contributed by atoms with Gasteiger partial charge in [-0.2, -0.15) is 0 Å². The zero-order chi connectivity index (χ0) is 25.9. The third kappa shape index (κ3) is 5.35. The molecule has 1 amide bonds. The minimum atomic E-state index is -0.172. The molecule has 5 rings (SSSR count). The van der Waals surface area contributed by atoms with Crippen LogP contribution in [0.3, 0.4) is 0 Å². The fourth-order valence-corrected chi connectivity index (χ4v) is 6.06. The number of piperazine rings is 1. The average Bonchev–Trinajstić information content (AvgIpc) is 3.17. The number of aromatic nitrogens is 2. The van der Waals surface area contributed by atoms with Gasteiger partial charge in [0, 0.05) is 45.5 Å². The van der Waals surface area contributed by atoms with Gasteiger partial charge in [-0.05, 0) is 36.6 Å². The van der Waals surface area contributed by atoms with Crippen molar-refractivity contribution in [3.05, 3.63) is 80.6 Å². The molecule has 0 N–H and O–H groups in total. The summed E-state index contributed by atoms with van der Waals surface area (Å²) < 4.78 is 2.12. The number of anilines is 1. The minimum absolute atomic E-state index is 0.129. The van der Waals surface area contributed by atoms with E-state index in [2.05, 4.69) is 41.0 Å². The molecule has 0 radical (unpaired) electrons. The van der Waals surface area contributed by atoms with Crippen molar-refractivity contribution >= 4 is 51.7 Å². The average molecular weight is 534 g/mol. The molecule has 0 aliphatic carbocycles. The van der Waals surface area contributed by atoms with E-state index < -0.39 is 0 Å². The fraction of sp³-hybridized carbons (Fsp3) is 0.357. The number of thiocarbonyl (C=S) groups is 1. The van der Waals surface area contributed by atoms with E-state index in [4.69, 9.17) is 17.2 Å². The Kier molecular flexibility index (Phi) is 7.73. The summed E-state index contributed by atoms with van der Waals surface area (Å²) in [5.74, 6) is 0.508. The van der Waals surface area contributed by atoms with Crippen LogP contribution in [0.25, 0.3) is 11.7 Å². The molecular formula is C28H31N5O2S2. The molecule has 0 saturated carbocycles. The summed E-state index contributed by atoms with van der Waals surface area (Å²) >= 11 is 6.76. The van der Waals surface area contributed by atoms with Crippen LogP contribution in [0.5, 0.6) is 0 Å². The zero-order valence-electron chi connectivity index (χ0n) is 21.2. The lowest BCUT2D eigenvalue weighted by atomic mass is 10.1. The van der Waals surface area contributed by atoms with Crippen LogP contribution in [0.2, 0.25) is 0 Å². The summed E-state index contributed by atoms with van der Waals surface area (Å²) in [5.41, 5.74) is 3.13. The fourth-order valence-electron chi connectivity index (χ4n) is 4.77. The maximum absolute atomic E-state index is 13.8. The second-order valence-corrected chi connectivity index (χ2v) is 11.2. The highest BCUT2D eigenvalue weighted by molar-refractivity contribution is 8.26. The van der Waals surface area contributed by atoms with E-state index in [1.165, 1.54) is 17.3 Å². The van der Waals surface area contributed by atoms with Crippen LogP contribution in [-0.4, -0.2) is 62.1 Å². The maximum Gasteiger partial charge on any atom is 0.267 e. The first-order valence-electron chi connectivity index (χ1n) is 12.7. The van der Waals surface area contributed by atoms with Crippen LogP contribution >= 0.6 is 24.0 Å². The second-order valence-electron chi connectivity index (χ2n) is 9.47. The molecule has 4 heterocycles. The summed E-state index contributed by atoms with van der Waals surface area (Å²) in [6, 6.07) is 14.3. The van der Waals surface area contributed by atoms with E-state index in [0.717, 1.165) is 51.1 Å². The number of hydrogen-bond acceptors (Lipinski definition) is 7. The molecule has 2 aromatic heterocycles. The highest BCUT2D eigenvalue weighted by atomic mass is 32.2. The van der Waals surface area contributed by atoms with Crippen LogP contribution in [0, 0.1) is 6.92 Å². The number of fused-ring (bicyclic) bond motifs is 1. The minimum Gasteiger partial charge on any atom is -0.353 e. The molecule has 7 nitrogen and oxygen atoms in total. The lowest BCUT2D eigenvalue weighted by molar-refractivity contribution is -0.122. The molecule has 0 atom stereocenters. The van der Waals surface area contributed by atoms with E-state index in [9.17, 15) is 9.59 Å². The highest BCUT2D eigenvalue weighted by Gasteiger charge is 2.33. The van der Waals surface area contributed by atoms with Crippen LogP contribution in [0.4, 0.5) is 5.82 Å². The number of benzene rings is 1. The first-order chi connectivity index (χ1) is 18.0. The van der Waals surface area contributed by atoms with Gasteiger partial charge in [0.25, 0.3) is 11.5 Å². The number of nitrogens with zero attached hydrogens (tertiary/aromatic N) is 5. The molecule has 192 valence electrons. The summed E-state index contributed by atoms with van der Waals surface area (Å²) in [6.45, 7) is 8.77. The van der Waals surface area contributed by atoms with Crippen molar-refractivity contribution in [1.29, 1.82) is 0 Å². The van der Waals surface area contributed by atoms with Gasteiger partial charge in [-0.1, -0.05) is 73.7 Å².